The fourth-order valence-electron chi connectivity index (χ4n) is 1.86. The van der Waals surface area contributed by atoms with Crippen LogP contribution in [-0.2, 0) is 0 Å². The van der Waals surface area contributed by atoms with Crippen molar-refractivity contribution in [2.75, 3.05) is 0 Å². The lowest BCUT2D eigenvalue weighted by Crippen LogP contribution is -2.11. The van der Waals surface area contributed by atoms with Crippen LogP contribution in [-0.4, -0.2) is 0 Å². The van der Waals surface area contributed by atoms with E-state index < -0.39 is 0 Å². The zero-order valence-electron chi connectivity index (χ0n) is 9.63. The van der Waals surface area contributed by atoms with Crippen LogP contribution in [0.15, 0.2) is 28.7 Å². The molecule has 0 bridgehead atoms. The van der Waals surface area contributed by atoms with Gasteiger partial charge in [-0.25, -0.2) is 0 Å². The molecule has 2 rings (SSSR count). The number of hydrogen-bond donors (Lipinski definition) is 1. The minimum Gasteiger partial charge on any atom is -0.320 e. The molecule has 0 aliphatic carbocycles. The largest absolute Gasteiger partial charge is 0.320 e. The fraction of sp³-hybridized carbons (Fsp3) is 0.231. The van der Waals surface area contributed by atoms with E-state index in [0.29, 0.717) is 5.02 Å². The summed E-state index contributed by atoms with van der Waals surface area (Å²) in [6, 6.07) is 7.79. The minimum atomic E-state index is -0.154. The van der Waals surface area contributed by atoms with Gasteiger partial charge in [-0.2, -0.15) is 0 Å². The number of rotatable bonds is 2. The van der Waals surface area contributed by atoms with Gasteiger partial charge >= 0.3 is 0 Å². The van der Waals surface area contributed by atoms with Gasteiger partial charge in [-0.05, 0) is 49.2 Å². The van der Waals surface area contributed by atoms with Gasteiger partial charge in [0.05, 0.1) is 6.04 Å². The Hall–Kier alpha value is -0.350. The van der Waals surface area contributed by atoms with Crippen LogP contribution in [0.25, 0.3) is 0 Å². The molecule has 0 aliphatic heterocycles. The van der Waals surface area contributed by atoms with Gasteiger partial charge in [0.2, 0.25) is 0 Å². The first kappa shape index (κ1) is 13.1. The van der Waals surface area contributed by atoms with E-state index in [2.05, 4.69) is 35.8 Å². The van der Waals surface area contributed by atoms with Crippen molar-refractivity contribution in [3.63, 3.8) is 0 Å². The summed E-state index contributed by atoms with van der Waals surface area (Å²) >= 11 is 11.4. The Morgan fingerprint density at radius 1 is 1.29 bits per heavy atom. The Bertz CT molecular complexity index is 550. The summed E-state index contributed by atoms with van der Waals surface area (Å²) in [6.45, 7) is 4.18. The molecule has 2 aromatic rings. The molecule has 90 valence electrons. The Kier molecular flexibility index (Phi) is 3.93. The van der Waals surface area contributed by atoms with Crippen molar-refractivity contribution >= 4 is 38.9 Å². The second kappa shape index (κ2) is 5.11. The van der Waals surface area contributed by atoms with Crippen molar-refractivity contribution in [3.05, 3.63) is 54.6 Å². The predicted octanol–water partition coefficient (Wildman–Crippen LogP) is 4.83. The molecule has 0 fully saturated rings. The molecule has 1 aromatic heterocycles. The van der Waals surface area contributed by atoms with Crippen molar-refractivity contribution in [1.82, 2.24) is 0 Å². The lowest BCUT2D eigenvalue weighted by molar-refractivity contribution is 0.884. The lowest BCUT2D eigenvalue weighted by Gasteiger charge is -2.13. The van der Waals surface area contributed by atoms with Gasteiger partial charge in [0.25, 0.3) is 0 Å². The molecule has 0 spiro atoms. The second-order valence-corrected chi connectivity index (χ2v) is 6.66. The molecule has 1 unspecified atom stereocenters. The van der Waals surface area contributed by atoms with E-state index in [1.807, 2.05) is 18.2 Å². The summed E-state index contributed by atoms with van der Waals surface area (Å²) in [5, 5.41) is 0.714. The van der Waals surface area contributed by atoms with Crippen molar-refractivity contribution in [1.29, 1.82) is 0 Å². The summed E-state index contributed by atoms with van der Waals surface area (Å²) in [4.78, 5) is 2.46. The van der Waals surface area contributed by atoms with Crippen LogP contribution >= 0.6 is 38.9 Å². The zero-order valence-corrected chi connectivity index (χ0v) is 12.8. The Morgan fingerprint density at radius 3 is 2.59 bits per heavy atom. The predicted molar refractivity (Wildman–Crippen MR) is 79.0 cm³/mol. The first-order valence-corrected chi connectivity index (χ1v) is 7.25. The number of nitrogens with two attached hydrogens (primary N) is 1. The van der Waals surface area contributed by atoms with Crippen molar-refractivity contribution in [2.45, 2.75) is 19.9 Å². The van der Waals surface area contributed by atoms with E-state index in [1.165, 1.54) is 15.3 Å². The van der Waals surface area contributed by atoms with Crippen LogP contribution in [0.2, 0.25) is 5.02 Å². The molecule has 17 heavy (non-hydrogen) atoms. The molecule has 1 aromatic carbocycles. The molecule has 1 nitrogen and oxygen atoms in total. The van der Waals surface area contributed by atoms with Crippen molar-refractivity contribution < 1.29 is 0 Å². The highest BCUT2D eigenvalue weighted by Gasteiger charge is 2.17. The summed E-state index contributed by atoms with van der Waals surface area (Å²) in [5.74, 6) is 0. The van der Waals surface area contributed by atoms with E-state index in [9.17, 15) is 0 Å². The van der Waals surface area contributed by atoms with Crippen LogP contribution in [0.4, 0.5) is 0 Å². The van der Waals surface area contributed by atoms with E-state index in [-0.39, 0.29) is 6.04 Å². The van der Waals surface area contributed by atoms with E-state index in [1.54, 1.807) is 11.3 Å². The fourth-order valence-corrected chi connectivity index (χ4v) is 3.53. The van der Waals surface area contributed by atoms with Crippen molar-refractivity contribution in [2.24, 2.45) is 5.73 Å². The molecule has 2 N–H and O–H groups in total. The maximum Gasteiger partial charge on any atom is 0.0663 e. The number of hydrogen-bond acceptors (Lipinski definition) is 2. The van der Waals surface area contributed by atoms with Crippen LogP contribution in [0.3, 0.4) is 0 Å². The molecule has 4 heteroatoms. The zero-order chi connectivity index (χ0) is 12.6. The highest BCUT2D eigenvalue weighted by Crippen LogP contribution is 2.34. The van der Waals surface area contributed by atoms with Crippen LogP contribution in [0.1, 0.15) is 26.9 Å². The molecule has 0 aliphatic rings. The number of thiophene rings is 1. The SMILES string of the molecule is Cc1cc(C)c(C(N)c2cc(Br)ccc2Cl)s1. The molecule has 1 atom stereocenters. The summed E-state index contributed by atoms with van der Waals surface area (Å²) < 4.78 is 0.998. The molecular weight excluding hydrogens is 318 g/mol. The third-order valence-corrected chi connectivity index (χ3v) is 4.73. The van der Waals surface area contributed by atoms with E-state index in [0.717, 1.165) is 10.0 Å². The maximum atomic E-state index is 6.31. The third-order valence-electron chi connectivity index (χ3n) is 2.65. The Labute approximate surface area is 119 Å². The quantitative estimate of drug-likeness (QED) is 0.838. The smallest absolute Gasteiger partial charge is 0.0663 e. The van der Waals surface area contributed by atoms with Gasteiger partial charge in [0.1, 0.15) is 0 Å². The molecule has 0 radical (unpaired) electrons. The van der Waals surface area contributed by atoms with Gasteiger partial charge in [0.15, 0.2) is 0 Å². The highest BCUT2D eigenvalue weighted by atomic mass is 79.9. The number of benzene rings is 1. The van der Waals surface area contributed by atoms with Gasteiger partial charge in [-0.1, -0.05) is 27.5 Å². The molecule has 0 saturated heterocycles. The Morgan fingerprint density at radius 2 is 2.00 bits per heavy atom. The van der Waals surface area contributed by atoms with Crippen molar-refractivity contribution in [3.8, 4) is 0 Å². The van der Waals surface area contributed by atoms with Crippen LogP contribution < -0.4 is 5.73 Å². The highest BCUT2D eigenvalue weighted by molar-refractivity contribution is 9.10. The summed E-state index contributed by atoms with van der Waals surface area (Å²) in [5.41, 5.74) is 8.50. The van der Waals surface area contributed by atoms with Crippen LogP contribution in [0.5, 0.6) is 0 Å². The lowest BCUT2D eigenvalue weighted by atomic mass is 10.0. The number of halogens is 2. The standard InChI is InChI=1S/C13H13BrClNS/c1-7-5-8(2)17-13(7)12(16)10-6-9(14)3-4-11(10)15/h3-6,12H,16H2,1-2H3. The van der Waals surface area contributed by atoms with Gasteiger partial charge in [-0.3, -0.25) is 0 Å². The monoisotopic (exact) mass is 329 g/mol. The topological polar surface area (TPSA) is 26.0 Å². The molecule has 1 heterocycles. The number of aryl methyl sites for hydroxylation is 2. The molecule has 0 saturated carbocycles. The average Bonchev–Trinajstić information content (AvgIpc) is 2.60. The first-order valence-electron chi connectivity index (χ1n) is 5.26. The van der Waals surface area contributed by atoms with E-state index >= 15 is 0 Å². The second-order valence-electron chi connectivity index (χ2n) is 4.05. The Balaban J connectivity index is 2.46. The maximum absolute atomic E-state index is 6.31. The normalized spacial score (nSPS) is 12.8. The van der Waals surface area contributed by atoms with Gasteiger partial charge in [-0.15, -0.1) is 11.3 Å². The van der Waals surface area contributed by atoms with E-state index in [4.69, 9.17) is 17.3 Å². The first-order chi connectivity index (χ1) is 7.99. The minimum absolute atomic E-state index is 0.154. The summed E-state index contributed by atoms with van der Waals surface area (Å²) in [7, 11) is 0. The summed E-state index contributed by atoms with van der Waals surface area (Å²) in [6.07, 6.45) is 0. The average molecular weight is 331 g/mol. The van der Waals surface area contributed by atoms with Gasteiger partial charge in [0, 0.05) is 19.2 Å². The third kappa shape index (κ3) is 2.74. The molecular formula is C13H13BrClNS. The molecule has 0 amide bonds. The van der Waals surface area contributed by atoms with Gasteiger partial charge < -0.3 is 5.73 Å². The van der Waals surface area contributed by atoms with Crippen LogP contribution in [0, 0.1) is 13.8 Å².